The van der Waals surface area contributed by atoms with Crippen LogP contribution in [0.3, 0.4) is 0 Å². The predicted octanol–water partition coefficient (Wildman–Crippen LogP) is 5.72. The van der Waals surface area contributed by atoms with Gasteiger partial charge in [-0.05, 0) is 72.9 Å². The number of aromatic nitrogens is 1. The van der Waals surface area contributed by atoms with Crippen LogP contribution in [0.25, 0.3) is 0 Å². The van der Waals surface area contributed by atoms with Crippen LogP contribution >= 0.6 is 15.9 Å². The van der Waals surface area contributed by atoms with Gasteiger partial charge in [0, 0.05) is 12.3 Å². The van der Waals surface area contributed by atoms with Gasteiger partial charge in [-0.3, -0.25) is 0 Å². The monoisotopic (exact) mass is 387 g/mol. The number of pyridine rings is 1. The Labute approximate surface area is 145 Å². The lowest BCUT2D eigenvalue weighted by Crippen LogP contribution is -2.41. The Morgan fingerprint density at radius 1 is 1.27 bits per heavy atom. The molecule has 0 aliphatic heterocycles. The van der Waals surface area contributed by atoms with E-state index in [4.69, 9.17) is 9.16 Å². The molecule has 0 aliphatic carbocycles. The maximum atomic E-state index is 6.20. The van der Waals surface area contributed by atoms with Gasteiger partial charge in [-0.15, -0.1) is 0 Å². The highest BCUT2D eigenvalue weighted by Crippen LogP contribution is 2.36. The molecule has 126 valence electrons. The molecule has 1 atom stereocenters. The second-order valence-electron chi connectivity index (χ2n) is 7.42. The lowest BCUT2D eigenvalue weighted by molar-refractivity contribution is 0.182. The first-order chi connectivity index (χ1) is 10.0. The third-order valence-electron chi connectivity index (χ3n) is 4.29. The third-order valence-corrected chi connectivity index (χ3v) is 9.43. The zero-order valence-electron chi connectivity index (χ0n) is 15.0. The smallest absolute Gasteiger partial charge is 0.228 e. The van der Waals surface area contributed by atoms with Crippen LogP contribution in [0.1, 0.15) is 46.2 Å². The van der Waals surface area contributed by atoms with Gasteiger partial charge in [0.25, 0.3) is 0 Å². The maximum absolute atomic E-state index is 6.20. The molecule has 0 bridgehead atoms. The molecule has 0 amide bonds. The first kappa shape index (κ1) is 19.7. The van der Waals surface area contributed by atoms with Crippen LogP contribution < -0.4 is 4.74 Å². The summed E-state index contributed by atoms with van der Waals surface area (Å²) < 4.78 is 13.0. The Morgan fingerprint density at radius 2 is 1.91 bits per heavy atom. The minimum atomic E-state index is -1.63. The van der Waals surface area contributed by atoms with Crippen molar-refractivity contribution in [3.8, 4) is 5.88 Å². The molecule has 0 aromatic carbocycles. The van der Waals surface area contributed by atoms with Crippen molar-refractivity contribution in [3.63, 3.8) is 0 Å². The normalized spacial score (nSPS) is 14.0. The molecule has 3 nitrogen and oxygen atoms in total. The predicted molar refractivity (Wildman–Crippen MR) is 99.1 cm³/mol. The molecule has 1 rings (SSSR count). The number of halogens is 1. The van der Waals surface area contributed by atoms with Crippen molar-refractivity contribution in [2.45, 2.75) is 71.7 Å². The van der Waals surface area contributed by atoms with E-state index in [9.17, 15) is 0 Å². The van der Waals surface area contributed by atoms with Gasteiger partial charge in [-0.2, -0.15) is 0 Å². The van der Waals surface area contributed by atoms with Gasteiger partial charge in [0.1, 0.15) is 0 Å². The van der Waals surface area contributed by atoms with E-state index in [0.29, 0.717) is 5.88 Å². The van der Waals surface area contributed by atoms with Gasteiger partial charge in [0.15, 0.2) is 8.32 Å². The first-order valence-electron chi connectivity index (χ1n) is 7.97. The highest BCUT2D eigenvalue weighted by molar-refractivity contribution is 9.10. The Hall–Kier alpha value is -0.393. The van der Waals surface area contributed by atoms with Crippen molar-refractivity contribution in [3.05, 3.63) is 22.3 Å². The summed E-state index contributed by atoms with van der Waals surface area (Å²) in [5.74, 6) is 0.679. The van der Waals surface area contributed by atoms with Gasteiger partial charge < -0.3 is 9.16 Å². The second kappa shape index (κ2) is 7.93. The minimum Gasteiger partial charge on any atom is -0.474 e. The highest BCUT2D eigenvalue weighted by atomic mass is 79.9. The van der Waals surface area contributed by atoms with Crippen LogP contribution in [0.4, 0.5) is 0 Å². The number of aryl methyl sites for hydroxylation is 1. The van der Waals surface area contributed by atoms with E-state index in [-0.39, 0.29) is 11.1 Å². The van der Waals surface area contributed by atoms with E-state index in [1.807, 2.05) is 19.1 Å². The molecule has 5 heteroatoms. The van der Waals surface area contributed by atoms with Gasteiger partial charge in [0.05, 0.1) is 10.6 Å². The van der Waals surface area contributed by atoms with Crippen LogP contribution in [0.15, 0.2) is 16.6 Å². The minimum absolute atomic E-state index is 0.133. The zero-order chi connectivity index (χ0) is 17.0. The van der Waals surface area contributed by atoms with Gasteiger partial charge in [0.2, 0.25) is 5.88 Å². The van der Waals surface area contributed by atoms with E-state index >= 15 is 0 Å². The zero-order valence-corrected chi connectivity index (χ0v) is 17.6. The molecule has 0 spiro atoms. The Balaban J connectivity index is 2.38. The summed E-state index contributed by atoms with van der Waals surface area (Å²) in [4.78, 5) is 4.42. The summed E-state index contributed by atoms with van der Waals surface area (Å²) in [6, 6.07) is 3.94. The SMILES string of the molecule is Cc1ccc(Br)c(O[C@H](C)CCCO[Si](C)(C)C(C)(C)C)n1. The summed E-state index contributed by atoms with van der Waals surface area (Å²) in [5, 5.41) is 0.269. The number of ether oxygens (including phenoxy) is 1. The highest BCUT2D eigenvalue weighted by Gasteiger charge is 2.36. The average molecular weight is 388 g/mol. The average Bonchev–Trinajstić information content (AvgIpc) is 2.38. The van der Waals surface area contributed by atoms with Crippen LogP contribution in [0, 0.1) is 6.92 Å². The number of rotatable bonds is 7. The summed E-state index contributed by atoms with van der Waals surface area (Å²) in [7, 11) is -1.63. The number of hydrogen-bond acceptors (Lipinski definition) is 3. The molecule has 0 aliphatic rings. The van der Waals surface area contributed by atoms with Crippen molar-refractivity contribution in [2.75, 3.05) is 6.61 Å². The van der Waals surface area contributed by atoms with Crippen molar-refractivity contribution in [1.82, 2.24) is 4.98 Å². The van der Waals surface area contributed by atoms with E-state index < -0.39 is 8.32 Å². The third kappa shape index (κ3) is 6.01. The van der Waals surface area contributed by atoms with E-state index in [0.717, 1.165) is 29.6 Å². The molecular weight excluding hydrogens is 358 g/mol. The maximum Gasteiger partial charge on any atom is 0.228 e. The fourth-order valence-corrected chi connectivity index (χ4v) is 3.16. The number of nitrogens with zero attached hydrogens (tertiary/aromatic N) is 1. The lowest BCUT2D eigenvalue weighted by Gasteiger charge is -2.36. The van der Waals surface area contributed by atoms with Crippen LogP contribution in [-0.4, -0.2) is 26.0 Å². The lowest BCUT2D eigenvalue weighted by atomic mass is 10.2. The van der Waals surface area contributed by atoms with Crippen LogP contribution in [0.2, 0.25) is 18.1 Å². The topological polar surface area (TPSA) is 31.4 Å². The summed E-state index contributed by atoms with van der Waals surface area (Å²) >= 11 is 3.48. The molecule has 1 aromatic heterocycles. The van der Waals surface area contributed by atoms with E-state index in [1.54, 1.807) is 0 Å². The summed E-state index contributed by atoms with van der Waals surface area (Å²) in [6.45, 7) is 16.3. The Kier molecular flexibility index (Phi) is 7.08. The summed E-state index contributed by atoms with van der Waals surface area (Å²) in [6.07, 6.45) is 2.11. The van der Waals surface area contributed by atoms with Crippen LogP contribution in [0.5, 0.6) is 5.88 Å². The molecule has 0 unspecified atom stereocenters. The molecular formula is C17H30BrNO2Si. The van der Waals surface area contributed by atoms with E-state index in [1.165, 1.54) is 0 Å². The number of hydrogen-bond donors (Lipinski definition) is 0. The largest absolute Gasteiger partial charge is 0.474 e. The quantitative estimate of drug-likeness (QED) is 0.442. The molecule has 1 aromatic rings. The fourth-order valence-electron chi connectivity index (χ4n) is 1.76. The van der Waals surface area contributed by atoms with E-state index in [2.05, 4.69) is 61.7 Å². The molecule has 0 fully saturated rings. The molecule has 0 saturated heterocycles. The van der Waals surface area contributed by atoms with Crippen LogP contribution in [-0.2, 0) is 4.43 Å². The van der Waals surface area contributed by atoms with Crippen molar-refractivity contribution in [1.29, 1.82) is 0 Å². The standard InChI is InChI=1S/C17H30BrNO2Si/c1-13-10-11-15(18)16(19-13)21-14(2)9-8-12-20-22(6,7)17(3,4)5/h10-11,14H,8-9,12H2,1-7H3/t14-/m1/s1. The van der Waals surface area contributed by atoms with Crippen molar-refractivity contribution in [2.24, 2.45) is 0 Å². The Bertz CT molecular complexity index is 486. The second-order valence-corrected chi connectivity index (χ2v) is 13.1. The molecule has 0 radical (unpaired) electrons. The van der Waals surface area contributed by atoms with Gasteiger partial charge in [-0.1, -0.05) is 20.8 Å². The Morgan fingerprint density at radius 3 is 2.50 bits per heavy atom. The van der Waals surface area contributed by atoms with Gasteiger partial charge >= 0.3 is 0 Å². The fraction of sp³-hybridized carbons (Fsp3) is 0.706. The molecule has 0 N–H and O–H groups in total. The summed E-state index contributed by atoms with van der Waals surface area (Å²) in [5.41, 5.74) is 0.965. The first-order valence-corrected chi connectivity index (χ1v) is 11.7. The van der Waals surface area contributed by atoms with Crippen molar-refractivity contribution >= 4 is 24.2 Å². The van der Waals surface area contributed by atoms with Crippen molar-refractivity contribution < 1.29 is 9.16 Å². The van der Waals surface area contributed by atoms with Gasteiger partial charge in [-0.25, -0.2) is 4.98 Å². The molecule has 0 saturated carbocycles. The molecule has 22 heavy (non-hydrogen) atoms. The molecule has 1 heterocycles.